The monoisotopic (exact) mass is 253 g/mol. The zero-order valence-electron chi connectivity index (χ0n) is 11.7. The van der Waals surface area contributed by atoms with E-state index in [1.165, 1.54) is 38.8 Å². The van der Waals surface area contributed by atoms with Crippen molar-refractivity contribution >= 4 is 5.91 Å². The largest absolute Gasteiger partial charge is 0.342 e. The zero-order chi connectivity index (χ0) is 12.8. The summed E-state index contributed by atoms with van der Waals surface area (Å²) in [6.45, 7) is 8.15. The van der Waals surface area contributed by atoms with Gasteiger partial charge in [0.25, 0.3) is 0 Å². The van der Waals surface area contributed by atoms with Gasteiger partial charge in [-0.1, -0.05) is 0 Å². The Morgan fingerprint density at radius 2 is 2.11 bits per heavy atom. The molecule has 1 atom stereocenters. The van der Waals surface area contributed by atoms with Crippen LogP contribution in [0.1, 0.15) is 39.0 Å². The summed E-state index contributed by atoms with van der Waals surface area (Å²) in [5.41, 5.74) is 0. The quantitative estimate of drug-likeness (QED) is 0.814. The summed E-state index contributed by atoms with van der Waals surface area (Å²) in [7, 11) is 0. The van der Waals surface area contributed by atoms with E-state index >= 15 is 0 Å². The fourth-order valence-electron chi connectivity index (χ4n) is 3.07. The first-order valence-corrected chi connectivity index (χ1v) is 7.47. The molecule has 4 heteroatoms. The highest BCUT2D eigenvalue weighted by Gasteiger charge is 2.17. The fraction of sp³-hybridized carbons (Fsp3) is 0.929. The molecule has 2 aliphatic rings. The van der Waals surface area contributed by atoms with E-state index in [4.69, 9.17) is 0 Å². The first-order valence-electron chi connectivity index (χ1n) is 7.47. The summed E-state index contributed by atoms with van der Waals surface area (Å²) in [6, 6.07) is 0.769. The van der Waals surface area contributed by atoms with Crippen molar-refractivity contribution < 1.29 is 4.79 Å². The summed E-state index contributed by atoms with van der Waals surface area (Å²) in [5.74, 6) is 0.229. The van der Waals surface area contributed by atoms with Crippen molar-refractivity contribution in [1.82, 2.24) is 15.1 Å². The Hall–Kier alpha value is -0.610. The number of carbonyl (C=O) groups is 1. The topological polar surface area (TPSA) is 35.6 Å². The number of hydrogen-bond acceptors (Lipinski definition) is 3. The summed E-state index contributed by atoms with van der Waals surface area (Å²) in [5, 5.41) is 3.56. The van der Waals surface area contributed by atoms with Gasteiger partial charge in [-0.05, 0) is 51.7 Å². The average molecular weight is 253 g/mol. The lowest BCUT2D eigenvalue weighted by Gasteiger charge is -2.21. The van der Waals surface area contributed by atoms with Crippen molar-refractivity contribution in [3.8, 4) is 0 Å². The van der Waals surface area contributed by atoms with Gasteiger partial charge in [-0.2, -0.15) is 0 Å². The van der Waals surface area contributed by atoms with Crippen molar-refractivity contribution in [2.75, 3.05) is 39.3 Å². The Bertz CT molecular complexity index is 264. The Morgan fingerprint density at radius 1 is 1.22 bits per heavy atom. The van der Waals surface area contributed by atoms with Crippen molar-refractivity contribution in [2.24, 2.45) is 0 Å². The number of nitrogens with zero attached hydrogens (tertiary/aromatic N) is 2. The van der Waals surface area contributed by atoms with Gasteiger partial charge < -0.3 is 15.1 Å². The first kappa shape index (κ1) is 13.8. The van der Waals surface area contributed by atoms with Crippen LogP contribution in [0.3, 0.4) is 0 Å². The Balaban J connectivity index is 1.62. The zero-order valence-corrected chi connectivity index (χ0v) is 11.7. The first-order chi connectivity index (χ1) is 8.75. The lowest BCUT2D eigenvalue weighted by Crippen LogP contribution is -2.34. The van der Waals surface area contributed by atoms with Crippen molar-refractivity contribution in [3.05, 3.63) is 0 Å². The molecule has 104 valence electrons. The van der Waals surface area contributed by atoms with Gasteiger partial charge in [-0.15, -0.1) is 0 Å². The van der Waals surface area contributed by atoms with Crippen LogP contribution in [-0.2, 0) is 4.79 Å². The minimum Gasteiger partial charge on any atom is -0.342 e. The SMILES string of the molecule is CC(=O)N1CCCN(CCCC2CCCN2)CC1. The molecule has 0 aliphatic carbocycles. The summed E-state index contributed by atoms with van der Waals surface area (Å²) >= 11 is 0. The molecule has 1 unspecified atom stereocenters. The predicted octanol–water partition coefficient (Wildman–Crippen LogP) is 1.07. The van der Waals surface area contributed by atoms with Gasteiger partial charge in [0.05, 0.1) is 0 Å². The third-order valence-electron chi connectivity index (χ3n) is 4.22. The number of rotatable bonds is 4. The molecule has 0 spiro atoms. The highest BCUT2D eigenvalue weighted by molar-refractivity contribution is 5.73. The van der Waals surface area contributed by atoms with Crippen LogP contribution >= 0.6 is 0 Å². The van der Waals surface area contributed by atoms with E-state index in [2.05, 4.69) is 10.2 Å². The molecule has 1 N–H and O–H groups in total. The minimum atomic E-state index is 0.229. The number of carbonyl (C=O) groups excluding carboxylic acids is 1. The van der Waals surface area contributed by atoms with Gasteiger partial charge in [0.2, 0.25) is 5.91 Å². The molecule has 0 aromatic carbocycles. The Morgan fingerprint density at radius 3 is 2.83 bits per heavy atom. The number of hydrogen-bond donors (Lipinski definition) is 1. The summed E-state index contributed by atoms with van der Waals surface area (Å²) in [6.07, 6.45) is 6.44. The van der Waals surface area contributed by atoms with Crippen molar-refractivity contribution in [1.29, 1.82) is 0 Å². The van der Waals surface area contributed by atoms with Crippen LogP contribution in [0.25, 0.3) is 0 Å². The van der Waals surface area contributed by atoms with E-state index in [9.17, 15) is 4.79 Å². The maximum atomic E-state index is 11.3. The smallest absolute Gasteiger partial charge is 0.219 e. The molecule has 2 aliphatic heterocycles. The molecule has 0 bridgehead atoms. The van der Waals surface area contributed by atoms with Crippen molar-refractivity contribution in [2.45, 2.75) is 45.1 Å². The van der Waals surface area contributed by atoms with Gasteiger partial charge >= 0.3 is 0 Å². The minimum absolute atomic E-state index is 0.229. The second-order valence-electron chi connectivity index (χ2n) is 5.64. The lowest BCUT2D eigenvalue weighted by atomic mass is 10.1. The number of amides is 1. The van der Waals surface area contributed by atoms with Crippen LogP contribution in [-0.4, -0.2) is 61.0 Å². The molecule has 2 heterocycles. The van der Waals surface area contributed by atoms with Crippen LogP contribution in [0.4, 0.5) is 0 Å². The highest BCUT2D eigenvalue weighted by atomic mass is 16.2. The molecule has 2 saturated heterocycles. The van der Waals surface area contributed by atoms with Gasteiger partial charge in [0.15, 0.2) is 0 Å². The lowest BCUT2D eigenvalue weighted by molar-refractivity contribution is -0.128. The molecule has 1 amide bonds. The van der Waals surface area contributed by atoms with Crippen LogP contribution in [0.15, 0.2) is 0 Å². The molecule has 18 heavy (non-hydrogen) atoms. The third-order valence-corrected chi connectivity index (χ3v) is 4.22. The van der Waals surface area contributed by atoms with E-state index in [1.54, 1.807) is 6.92 Å². The van der Waals surface area contributed by atoms with Gasteiger partial charge in [0.1, 0.15) is 0 Å². The maximum Gasteiger partial charge on any atom is 0.219 e. The third kappa shape index (κ3) is 4.25. The van der Waals surface area contributed by atoms with Crippen LogP contribution in [0.2, 0.25) is 0 Å². The molecule has 0 radical (unpaired) electrons. The van der Waals surface area contributed by atoms with E-state index in [1.807, 2.05) is 4.90 Å². The molecular weight excluding hydrogens is 226 g/mol. The molecule has 2 fully saturated rings. The maximum absolute atomic E-state index is 11.3. The van der Waals surface area contributed by atoms with Gasteiger partial charge in [-0.3, -0.25) is 4.79 Å². The number of nitrogens with one attached hydrogen (secondary N) is 1. The highest BCUT2D eigenvalue weighted by Crippen LogP contribution is 2.12. The predicted molar refractivity (Wildman–Crippen MR) is 73.6 cm³/mol. The standard InChI is InChI=1S/C14H27N3O/c1-13(18)17-10-4-9-16(11-12-17)8-3-6-14-5-2-7-15-14/h14-15H,2-12H2,1H3. The molecule has 0 aromatic rings. The molecule has 0 saturated carbocycles. The second-order valence-corrected chi connectivity index (χ2v) is 5.64. The van der Waals surface area contributed by atoms with E-state index in [0.717, 1.165) is 38.6 Å². The second kappa shape index (κ2) is 7.10. The summed E-state index contributed by atoms with van der Waals surface area (Å²) in [4.78, 5) is 15.9. The Kier molecular flexibility index (Phi) is 5.45. The van der Waals surface area contributed by atoms with Crippen LogP contribution in [0.5, 0.6) is 0 Å². The molecular formula is C14H27N3O. The average Bonchev–Trinajstić information content (AvgIpc) is 2.73. The Labute approximate surface area is 111 Å². The van der Waals surface area contributed by atoms with Crippen LogP contribution < -0.4 is 5.32 Å². The molecule has 0 aromatic heterocycles. The molecule has 4 nitrogen and oxygen atoms in total. The van der Waals surface area contributed by atoms with E-state index in [0.29, 0.717) is 0 Å². The van der Waals surface area contributed by atoms with Crippen LogP contribution in [0, 0.1) is 0 Å². The van der Waals surface area contributed by atoms with Gasteiger partial charge in [0, 0.05) is 32.6 Å². The fourth-order valence-corrected chi connectivity index (χ4v) is 3.07. The molecule has 2 rings (SSSR count). The van der Waals surface area contributed by atoms with E-state index in [-0.39, 0.29) is 5.91 Å². The summed E-state index contributed by atoms with van der Waals surface area (Å²) < 4.78 is 0. The van der Waals surface area contributed by atoms with E-state index < -0.39 is 0 Å². The van der Waals surface area contributed by atoms with Crippen molar-refractivity contribution in [3.63, 3.8) is 0 Å². The normalized spacial score (nSPS) is 26.3. The van der Waals surface area contributed by atoms with Gasteiger partial charge in [-0.25, -0.2) is 0 Å².